The number of carboxylic acid groups (broad SMARTS) is 1. The van der Waals surface area contributed by atoms with Crippen LogP contribution in [0.4, 0.5) is 0 Å². The van der Waals surface area contributed by atoms with Gasteiger partial charge in [0.1, 0.15) is 0 Å². The number of aliphatic hydroxyl groups excluding tert-OH is 2. The van der Waals surface area contributed by atoms with Gasteiger partial charge in [-0.05, 0) is 32.1 Å². The first kappa shape index (κ1) is 31.4. The number of aliphatic carboxylic acids is 1. The Hall–Kier alpha value is -0.610. The van der Waals surface area contributed by atoms with Crippen molar-refractivity contribution in [2.24, 2.45) is 0 Å². The normalized spacial score (nSPS) is 13.3. The summed E-state index contributed by atoms with van der Waals surface area (Å²) in [5, 5.41) is 28.6. The fourth-order valence-corrected chi connectivity index (χ4v) is 4.43. The summed E-state index contributed by atoms with van der Waals surface area (Å²) in [5.74, 6) is -0.666. The minimum atomic E-state index is -0.666. The maximum absolute atomic E-state index is 10.4. The van der Waals surface area contributed by atoms with Gasteiger partial charge in [0.2, 0.25) is 0 Å². The molecule has 4 heteroatoms. The number of unbranched alkanes of at least 4 members (excludes halogenated alkanes) is 17. The fraction of sp³-hybridized carbons (Fsp3) is 0.964. The highest BCUT2D eigenvalue weighted by Gasteiger charge is 2.09. The zero-order valence-electron chi connectivity index (χ0n) is 21.4. The van der Waals surface area contributed by atoms with Crippen molar-refractivity contribution < 1.29 is 20.1 Å². The molecule has 0 aliphatic carbocycles. The third-order valence-electron chi connectivity index (χ3n) is 6.65. The van der Waals surface area contributed by atoms with Crippen LogP contribution in [-0.2, 0) is 4.79 Å². The van der Waals surface area contributed by atoms with Crippen molar-refractivity contribution in [1.82, 2.24) is 0 Å². The average molecular weight is 457 g/mol. The van der Waals surface area contributed by atoms with Crippen molar-refractivity contribution in [3.8, 4) is 0 Å². The van der Waals surface area contributed by atoms with Crippen molar-refractivity contribution in [1.29, 1.82) is 0 Å². The molecule has 0 aliphatic heterocycles. The van der Waals surface area contributed by atoms with Gasteiger partial charge in [-0.25, -0.2) is 0 Å². The SMILES string of the molecule is CCCCCC(O)CCC(O)CCCCCCCCCCCCCCCCCCC(=O)O. The fourth-order valence-electron chi connectivity index (χ4n) is 4.43. The first-order valence-corrected chi connectivity index (χ1v) is 14.1. The maximum atomic E-state index is 10.4. The predicted molar refractivity (Wildman–Crippen MR) is 136 cm³/mol. The molecule has 32 heavy (non-hydrogen) atoms. The molecule has 0 aliphatic rings. The van der Waals surface area contributed by atoms with E-state index in [1.807, 2.05) is 0 Å². The molecule has 0 amide bonds. The van der Waals surface area contributed by atoms with Gasteiger partial charge in [-0.3, -0.25) is 4.79 Å². The molecule has 0 fully saturated rings. The van der Waals surface area contributed by atoms with Crippen molar-refractivity contribution in [2.75, 3.05) is 0 Å². The van der Waals surface area contributed by atoms with Crippen molar-refractivity contribution >= 4 is 5.97 Å². The Morgan fingerprint density at radius 3 is 1.16 bits per heavy atom. The van der Waals surface area contributed by atoms with Gasteiger partial charge < -0.3 is 15.3 Å². The van der Waals surface area contributed by atoms with E-state index in [0.717, 1.165) is 51.4 Å². The predicted octanol–water partition coefficient (Wildman–Crippen LogP) is 8.18. The molecule has 0 saturated heterocycles. The summed E-state index contributed by atoms with van der Waals surface area (Å²) in [5.41, 5.74) is 0. The van der Waals surface area contributed by atoms with Crippen LogP contribution in [0.1, 0.15) is 161 Å². The van der Waals surface area contributed by atoms with Crippen LogP contribution >= 0.6 is 0 Å². The highest BCUT2D eigenvalue weighted by Crippen LogP contribution is 2.16. The van der Waals surface area contributed by atoms with Gasteiger partial charge in [0.15, 0.2) is 0 Å². The van der Waals surface area contributed by atoms with Crippen LogP contribution in [0.25, 0.3) is 0 Å². The topological polar surface area (TPSA) is 77.8 Å². The standard InChI is InChI=1S/C28H56O4/c1-2-3-18-21-26(29)24-25-27(30)22-19-16-14-12-10-8-6-4-5-7-9-11-13-15-17-20-23-28(31)32/h26-27,29-30H,2-25H2,1H3,(H,31,32). The van der Waals surface area contributed by atoms with E-state index in [2.05, 4.69) is 6.92 Å². The molecule has 0 aromatic carbocycles. The lowest BCUT2D eigenvalue weighted by atomic mass is 10.0. The first-order valence-electron chi connectivity index (χ1n) is 14.1. The van der Waals surface area contributed by atoms with Crippen LogP contribution in [0, 0.1) is 0 Å². The molecular formula is C28H56O4. The summed E-state index contributed by atoms with van der Waals surface area (Å²) in [4.78, 5) is 10.4. The van der Waals surface area contributed by atoms with Gasteiger partial charge in [0.25, 0.3) is 0 Å². The Bertz CT molecular complexity index is 386. The van der Waals surface area contributed by atoms with Gasteiger partial charge >= 0.3 is 5.97 Å². The summed E-state index contributed by atoms with van der Waals surface area (Å²) in [7, 11) is 0. The van der Waals surface area contributed by atoms with E-state index < -0.39 is 5.97 Å². The summed E-state index contributed by atoms with van der Waals surface area (Å²) < 4.78 is 0. The molecule has 2 atom stereocenters. The van der Waals surface area contributed by atoms with E-state index in [1.165, 1.54) is 96.3 Å². The van der Waals surface area contributed by atoms with Gasteiger partial charge in [0, 0.05) is 6.42 Å². The zero-order valence-corrected chi connectivity index (χ0v) is 21.4. The molecule has 0 saturated carbocycles. The van der Waals surface area contributed by atoms with E-state index in [1.54, 1.807) is 0 Å². The molecule has 0 radical (unpaired) electrons. The second-order valence-electron chi connectivity index (χ2n) is 9.97. The van der Waals surface area contributed by atoms with Crippen LogP contribution < -0.4 is 0 Å². The number of carbonyl (C=O) groups is 1. The zero-order chi connectivity index (χ0) is 23.7. The van der Waals surface area contributed by atoms with Gasteiger partial charge in [-0.2, -0.15) is 0 Å². The lowest BCUT2D eigenvalue weighted by Gasteiger charge is -2.14. The molecule has 2 unspecified atom stereocenters. The average Bonchev–Trinajstić information content (AvgIpc) is 2.76. The van der Waals surface area contributed by atoms with E-state index in [-0.39, 0.29) is 12.2 Å². The Morgan fingerprint density at radius 2 is 0.812 bits per heavy atom. The summed E-state index contributed by atoms with van der Waals surface area (Å²) in [6.45, 7) is 2.18. The monoisotopic (exact) mass is 456 g/mol. The minimum Gasteiger partial charge on any atom is -0.481 e. The third-order valence-corrected chi connectivity index (χ3v) is 6.65. The number of rotatable bonds is 26. The van der Waals surface area contributed by atoms with Crippen molar-refractivity contribution in [3.05, 3.63) is 0 Å². The van der Waals surface area contributed by atoms with Crippen molar-refractivity contribution in [2.45, 2.75) is 173 Å². The smallest absolute Gasteiger partial charge is 0.303 e. The van der Waals surface area contributed by atoms with Gasteiger partial charge in [-0.15, -0.1) is 0 Å². The first-order chi connectivity index (χ1) is 15.6. The Balaban J connectivity index is 3.19. The second-order valence-corrected chi connectivity index (χ2v) is 9.97. The van der Waals surface area contributed by atoms with E-state index in [4.69, 9.17) is 5.11 Å². The van der Waals surface area contributed by atoms with Crippen LogP contribution in [0.5, 0.6) is 0 Å². The van der Waals surface area contributed by atoms with E-state index in [0.29, 0.717) is 6.42 Å². The Labute approximate surface area is 199 Å². The molecular weight excluding hydrogens is 400 g/mol. The summed E-state index contributed by atoms with van der Waals surface area (Å²) in [6, 6.07) is 0. The van der Waals surface area contributed by atoms with Gasteiger partial charge in [-0.1, -0.05) is 122 Å². The molecule has 0 aromatic rings. The lowest BCUT2D eigenvalue weighted by molar-refractivity contribution is -0.137. The number of carboxylic acids is 1. The summed E-state index contributed by atoms with van der Waals surface area (Å²) in [6.07, 6.45) is 26.8. The molecule has 0 rings (SSSR count). The molecule has 192 valence electrons. The lowest BCUT2D eigenvalue weighted by Crippen LogP contribution is -2.13. The Kier molecular flexibility index (Phi) is 24.5. The van der Waals surface area contributed by atoms with E-state index >= 15 is 0 Å². The molecule has 0 heterocycles. The van der Waals surface area contributed by atoms with Crippen LogP contribution in [0.15, 0.2) is 0 Å². The quantitative estimate of drug-likeness (QED) is 0.115. The molecule has 0 aromatic heterocycles. The molecule has 3 N–H and O–H groups in total. The minimum absolute atomic E-state index is 0.224. The number of hydrogen-bond acceptors (Lipinski definition) is 3. The maximum Gasteiger partial charge on any atom is 0.303 e. The van der Waals surface area contributed by atoms with Crippen LogP contribution in [-0.4, -0.2) is 33.5 Å². The van der Waals surface area contributed by atoms with E-state index in [9.17, 15) is 15.0 Å². The molecule has 0 bridgehead atoms. The van der Waals surface area contributed by atoms with Crippen LogP contribution in [0.3, 0.4) is 0 Å². The summed E-state index contributed by atoms with van der Waals surface area (Å²) >= 11 is 0. The largest absolute Gasteiger partial charge is 0.481 e. The number of aliphatic hydroxyl groups is 2. The number of hydrogen-bond donors (Lipinski definition) is 3. The van der Waals surface area contributed by atoms with Crippen LogP contribution in [0.2, 0.25) is 0 Å². The highest BCUT2D eigenvalue weighted by atomic mass is 16.4. The highest BCUT2D eigenvalue weighted by molar-refractivity contribution is 5.66. The van der Waals surface area contributed by atoms with Crippen molar-refractivity contribution in [3.63, 3.8) is 0 Å². The molecule has 0 spiro atoms. The Morgan fingerprint density at radius 1 is 0.500 bits per heavy atom. The second kappa shape index (κ2) is 25.0. The van der Waals surface area contributed by atoms with Gasteiger partial charge in [0.05, 0.1) is 12.2 Å². The third kappa shape index (κ3) is 25.6. The molecule has 4 nitrogen and oxygen atoms in total.